The normalized spacial score (nSPS) is 11.0. The van der Waals surface area contributed by atoms with Crippen LogP contribution in [-0.2, 0) is 16.2 Å². The third kappa shape index (κ3) is 6.44. The van der Waals surface area contributed by atoms with Crippen LogP contribution in [0.4, 0.5) is 5.69 Å². The molecular formula is C20H19IN2O7. The molecule has 0 aliphatic heterocycles. The topological polar surface area (TPSA) is 128 Å². The number of carbonyl (C=O) groups is 2. The minimum Gasteiger partial charge on any atom is -0.490 e. The van der Waals surface area contributed by atoms with Gasteiger partial charge >= 0.3 is 5.97 Å². The van der Waals surface area contributed by atoms with Gasteiger partial charge in [0.25, 0.3) is 5.69 Å². The standard InChI is InChI=1S/C20H19IN2O7/c1-3-29-18-10-14(9-17(20(25)26)22-12(2)24)8-16(21)19(18)30-11-13-5-4-6-15(7-13)23(27)28/h4-10H,3,11H2,1-2H3,(H,22,24)(H,25,26)/b17-9+. The molecule has 0 bridgehead atoms. The second-order valence-electron chi connectivity index (χ2n) is 6.02. The van der Waals surface area contributed by atoms with Crippen LogP contribution in [0.5, 0.6) is 11.5 Å². The number of halogens is 1. The highest BCUT2D eigenvalue weighted by Gasteiger charge is 2.15. The SMILES string of the molecule is CCOc1cc(/C=C(/NC(C)=O)C(=O)O)cc(I)c1OCc1cccc([N+](=O)[O-])c1. The maximum atomic E-state index is 11.3. The maximum Gasteiger partial charge on any atom is 0.352 e. The van der Waals surface area contributed by atoms with Crippen molar-refractivity contribution in [2.24, 2.45) is 0 Å². The Morgan fingerprint density at radius 2 is 2.00 bits per heavy atom. The molecule has 158 valence electrons. The number of benzene rings is 2. The highest BCUT2D eigenvalue weighted by molar-refractivity contribution is 14.1. The molecule has 0 radical (unpaired) electrons. The van der Waals surface area contributed by atoms with Gasteiger partial charge in [-0.05, 0) is 58.9 Å². The van der Waals surface area contributed by atoms with Gasteiger partial charge in [0.15, 0.2) is 11.5 Å². The molecule has 0 aliphatic rings. The van der Waals surface area contributed by atoms with E-state index in [1.165, 1.54) is 25.1 Å². The number of nitro benzene ring substituents is 1. The first-order valence-corrected chi connectivity index (χ1v) is 9.84. The van der Waals surface area contributed by atoms with Crippen molar-refractivity contribution in [3.05, 3.63) is 66.9 Å². The van der Waals surface area contributed by atoms with Gasteiger partial charge in [0.1, 0.15) is 12.3 Å². The number of aliphatic carboxylic acids is 1. The summed E-state index contributed by atoms with van der Waals surface area (Å²) in [5.74, 6) is -0.962. The fourth-order valence-electron chi connectivity index (χ4n) is 2.50. The summed E-state index contributed by atoms with van der Waals surface area (Å²) < 4.78 is 12.1. The number of ether oxygens (including phenoxy) is 2. The fourth-order valence-corrected chi connectivity index (χ4v) is 3.28. The van der Waals surface area contributed by atoms with Gasteiger partial charge < -0.3 is 19.9 Å². The molecule has 2 N–H and O–H groups in total. The van der Waals surface area contributed by atoms with Gasteiger partial charge in [-0.25, -0.2) is 4.79 Å². The third-order valence-corrected chi connectivity index (χ3v) is 4.49. The van der Waals surface area contributed by atoms with Crippen molar-refractivity contribution in [2.45, 2.75) is 20.5 Å². The van der Waals surface area contributed by atoms with Crippen molar-refractivity contribution >= 4 is 46.2 Å². The van der Waals surface area contributed by atoms with Crippen molar-refractivity contribution in [3.8, 4) is 11.5 Å². The quantitative estimate of drug-likeness (QED) is 0.221. The summed E-state index contributed by atoms with van der Waals surface area (Å²) in [4.78, 5) is 33.0. The van der Waals surface area contributed by atoms with Crippen LogP contribution in [-0.4, -0.2) is 28.5 Å². The number of carbonyl (C=O) groups excluding carboxylic acids is 1. The van der Waals surface area contributed by atoms with E-state index in [1.807, 2.05) is 22.6 Å². The minimum atomic E-state index is -1.27. The van der Waals surface area contributed by atoms with Gasteiger partial charge in [-0.15, -0.1) is 0 Å². The number of nitro groups is 1. The molecule has 0 atom stereocenters. The van der Waals surface area contributed by atoms with Crippen molar-refractivity contribution in [3.63, 3.8) is 0 Å². The number of nitrogens with one attached hydrogen (secondary N) is 1. The van der Waals surface area contributed by atoms with E-state index in [2.05, 4.69) is 5.32 Å². The number of carboxylic acid groups (broad SMARTS) is 1. The van der Waals surface area contributed by atoms with Crippen LogP contribution in [0, 0.1) is 13.7 Å². The van der Waals surface area contributed by atoms with E-state index in [-0.39, 0.29) is 18.0 Å². The molecule has 2 aromatic rings. The molecule has 0 fully saturated rings. The molecule has 10 heteroatoms. The maximum absolute atomic E-state index is 11.3. The largest absolute Gasteiger partial charge is 0.490 e. The van der Waals surface area contributed by atoms with Crippen LogP contribution >= 0.6 is 22.6 Å². The van der Waals surface area contributed by atoms with E-state index >= 15 is 0 Å². The van der Waals surface area contributed by atoms with Gasteiger partial charge in [0.05, 0.1) is 15.1 Å². The van der Waals surface area contributed by atoms with Crippen molar-refractivity contribution < 1.29 is 29.1 Å². The third-order valence-electron chi connectivity index (χ3n) is 3.69. The zero-order valence-corrected chi connectivity index (χ0v) is 18.3. The second kappa shape index (κ2) is 10.6. The molecule has 2 rings (SSSR count). The molecule has 0 saturated carbocycles. The highest BCUT2D eigenvalue weighted by atomic mass is 127. The number of rotatable bonds is 9. The van der Waals surface area contributed by atoms with Crippen LogP contribution in [0.25, 0.3) is 6.08 Å². The van der Waals surface area contributed by atoms with Gasteiger partial charge in [-0.3, -0.25) is 14.9 Å². The molecule has 0 spiro atoms. The molecule has 0 saturated heterocycles. The molecule has 9 nitrogen and oxygen atoms in total. The summed E-state index contributed by atoms with van der Waals surface area (Å²) in [7, 11) is 0. The first kappa shape index (κ1) is 23.1. The highest BCUT2D eigenvalue weighted by Crippen LogP contribution is 2.35. The van der Waals surface area contributed by atoms with Crippen LogP contribution in [0.3, 0.4) is 0 Å². The van der Waals surface area contributed by atoms with Crippen molar-refractivity contribution in [2.75, 3.05) is 6.61 Å². The molecule has 0 aromatic heterocycles. The summed E-state index contributed by atoms with van der Waals surface area (Å²) in [5.41, 5.74) is 0.809. The molecule has 1 amide bonds. The zero-order chi connectivity index (χ0) is 22.3. The van der Waals surface area contributed by atoms with Crippen LogP contribution in [0.15, 0.2) is 42.1 Å². The van der Waals surface area contributed by atoms with Crippen molar-refractivity contribution in [1.29, 1.82) is 0 Å². The van der Waals surface area contributed by atoms with E-state index in [0.717, 1.165) is 0 Å². The molecule has 0 unspecified atom stereocenters. The molecule has 2 aromatic carbocycles. The summed E-state index contributed by atoms with van der Waals surface area (Å²) in [5, 5.41) is 22.5. The van der Waals surface area contributed by atoms with Gasteiger partial charge in [0, 0.05) is 19.1 Å². The van der Waals surface area contributed by atoms with Crippen LogP contribution in [0.2, 0.25) is 0 Å². The predicted octanol–water partition coefficient (Wildman–Crippen LogP) is 3.74. The first-order chi connectivity index (χ1) is 14.2. The Balaban J connectivity index is 2.34. The van der Waals surface area contributed by atoms with Gasteiger partial charge in [-0.2, -0.15) is 0 Å². The number of amides is 1. The Labute approximate surface area is 186 Å². The predicted molar refractivity (Wildman–Crippen MR) is 117 cm³/mol. The number of hydrogen-bond donors (Lipinski definition) is 2. The first-order valence-electron chi connectivity index (χ1n) is 8.76. The smallest absolute Gasteiger partial charge is 0.352 e. The average Bonchev–Trinajstić information content (AvgIpc) is 2.67. The summed E-state index contributed by atoms with van der Waals surface area (Å²) >= 11 is 2.02. The average molecular weight is 526 g/mol. The lowest BCUT2D eigenvalue weighted by Gasteiger charge is -2.15. The number of non-ortho nitro benzene ring substituents is 1. The van der Waals surface area contributed by atoms with E-state index in [4.69, 9.17) is 9.47 Å². The van der Waals surface area contributed by atoms with E-state index < -0.39 is 16.8 Å². The fraction of sp³-hybridized carbons (Fsp3) is 0.200. The number of carboxylic acids is 1. The summed E-state index contributed by atoms with van der Waals surface area (Å²) in [6, 6.07) is 9.39. The summed E-state index contributed by atoms with van der Waals surface area (Å²) in [6.45, 7) is 3.43. The Bertz CT molecular complexity index is 1000. The lowest BCUT2D eigenvalue weighted by atomic mass is 10.1. The Morgan fingerprint density at radius 1 is 1.27 bits per heavy atom. The zero-order valence-electron chi connectivity index (χ0n) is 16.2. The Morgan fingerprint density at radius 3 is 2.60 bits per heavy atom. The van der Waals surface area contributed by atoms with Crippen LogP contribution in [0.1, 0.15) is 25.0 Å². The van der Waals surface area contributed by atoms with E-state index in [9.17, 15) is 24.8 Å². The molecule has 0 heterocycles. The van der Waals surface area contributed by atoms with Crippen LogP contribution < -0.4 is 14.8 Å². The molecule has 0 aliphatic carbocycles. The number of nitrogens with zero attached hydrogens (tertiary/aromatic N) is 1. The second-order valence-corrected chi connectivity index (χ2v) is 7.19. The minimum absolute atomic E-state index is 0.0320. The summed E-state index contributed by atoms with van der Waals surface area (Å²) in [6.07, 6.45) is 1.32. The lowest BCUT2D eigenvalue weighted by Crippen LogP contribution is -2.24. The van der Waals surface area contributed by atoms with Gasteiger partial charge in [0.2, 0.25) is 5.91 Å². The van der Waals surface area contributed by atoms with E-state index in [0.29, 0.717) is 32.8 Å². The lowest BCUT2D eigenvalue weighted by molar-refractivity contribution is -0.384. The number of hydrogen-bond acceptors (Lipinski definition) is 6. The van der Waals surface area contributed by atoms with Crippen molar-refractivity contribution in [1.82, 2.24) is 5.32 Å². The Kier molecular flexibility index (Phi) is 8.16. The van der Waals surface area contributed by atoms with Gasteiger partial charge in [-0.1, -0.05) is 12.1 Å². The Hall–Kier alpha value is -3.15. The van der Waals surface area contributed by atoms with E-state index in [1.54, 1.807) is 31.2 Å². The molecule has 30 heavy (non-hydrogen) atoms. The monoisotopic (exact) mass is 526 g/mol. The molecular weight excluding hydrogens is 507 g/mol.